The lowest BCUT2D eigenvalue weighted by atomic mass is 9.93. The van der Waals surface area contributed by atoms with E-state index in [0.29, 0.717) is 33.3 Å². The predicted molar refractivity (Wildman–Crippen MR) is 87.6 cm³/mol. The number of nitrogens with zero attached hydrogens (tertiary/aromatic N) is 1. The Hall–Kier alpha value is -3.34. The highest BCUT2D eigenvalue weighted by molar-refractivity contribution is 6.36. The van der Waals surface area contributed by atoms with Gasteiger partial charge in [0.25, 0.3) is 11.8 Å². The highest BCUT2D eigenvalue weighted by Gasteiger charge is 2.34. The van der Waals surface area contributed by atoms with E-state index in [1.165, 1.54) is 12.1 Å². The summed E-state index contributed by atoms with van der Waals surface area (Å²) < 4.78 is 0. The van der Waals surface area contributed by atoms with Crippen molar-refractivity contribution >= 4 is 34.0 Å². The Balaban J connectivity index is 2.01. The van der Waals surface area contributed by atoms with Gasteiger partial charge in [-0.15, -0.1) is 0 Å². The molecular formula is C18H12N2O3. The van der Waals surface area contributed by atoms with E-state index in [1.807, 2.05) is 0 Å². The molecule has 3 N–H and O–H groups in total. The molecule has 0 unspecified atom stereocenters. The average molecular weight is 304 g/mol. The first-order valence-electron chi connectivity index (χ1n) is 7.07. The van der Waals surface area contributed by atoms with Crippen molar-refractivity contribution < 1.29 is 14.7 Å². The van der Waals surface area contributed by atoms with Crippen LogP contribution in [0, 0.1) is 0 Å². The summed E-state index contributed by atoms with van der Waals surface area (Å²) in [6.07, 6.45) is 0. The van der Waals surface area contributed by atoms with Gasteiger partial charge in [0, 0.05) is 33.7 Å². The summed E-state index contributed by atoms with van der Waals surface area (Å²) in [6, 6.07) is 14.6. The molecule has 1 aliphatic heterocycles. The largest absolute Gasteiger partial charge is 0.508 e. The van der Waals surface area contributed by atoms with Gasteiger partial charge in [0.05, 0.1) is 5.69 Å². The third-order valence-corrected chi connectivity index (χ3v) is 4.03. The lowest BCUT2D eigenvalue weighted by Crippen LogP contribution is -2.40. The third-order valence-electron chi connectivity index (χ3n) is 4.03. The van der Waals surface area contributed by atoms with Gasteiger partial charge in [-0.2, -0.15) is 0 Å². The number of benzene rings is 3. The molecule has 112 valence electrons. The third kappa shape index (κ3) is 1.80. The molecule has 5 nitrogen and oxygen atoms in total. The van der Waals surface area contributed by atoms with Gasteiger partial charge < -0.3 is 10.8 Å². The monoisotopic (exact) mass is 304 g/mol. The van der Waals surface area contributed by atoms with Crippen LogP contribution in [-0.4, -0.2) is 16.9 Å². The minimum absolute atomic E-state index is 0.00980. The Labute approximate surface area is 131 Å². The van der Waals surface area contributed by atoms with Crippen molar-refractivity contribution in [2.45, 2.75) is 0 Å². The zero-order chi connectivity index (χ0) is 16.1. The van der Waals surface area contributed by atoms with Crippen molar-refractivity contribution in [2.75, 3.05) is 10.6 Å². The van der Waals surface area contributed by atoms with Crippen LogP contribution in [0.15, 0.2) is 54.6 Å². The van der Waals surface area contributed by atoms with E-state index < -0.39 is 11.8 Å². The molecule has 0 radical (unpaired) electrons. The molecule has 23 heavy (non-hydrogen) atoms. The number of aromatic hydroxyl groups is 1. The van der Waals surface area contributed by atoms with Crippen LogP contribution >= 0.6 is 0 Å². The maximum Gasteiger partial charge on any atom is 0.265 e. The van der Waals surface area contributed by atoms with Crippen molar-refractivity contribution in [3.8, 4) is 5.75 Å². The summed E-state index contributed by atoms with van der Waals surface area (Å²) in [5.41, 5.74) is 7.67. The summed E-state index contributed by atoms with van der Waals surface area (Å²) in [4.78, 5) is 26.7. The number of anilines is 2. The van der Waals surface area contributed by atoms with Crippen molar-refractivity contribution in [2.24, 2.45) is 0 Å². The van der Waals surface area contributed by atoms with Crippen LogP contribution in [0.2, 0.25) is 0 Å². The molecule has 4 rings (SSSR count). The van der Waals surface area contributed by atoms with Gasteiger partial charge in [-0.1, -0.05) is 18.2 Å². The van der Waals surface area contributed by atoms with Crippen LogP contribution in [-0.2, 0) is 0 Å². The molecule has 5 heteroatoms. The number of nitrogen functional groups attached to an aromatic ring is 1. The van der Waals surface area contributed by atoms with Crippen molar-refractivity contribution in [3.63, 3.8) is 0 Å². The number of nitrogens with two attached hydrogens (primary N) is 1. The van der Waals surface area contributed by atoms with Crippen LogP contribution in [0.25, 0.3) is 10.8 Å². The van der Waals surface area contributed by atoms with E-state index in [9.17, 15) is 14.7 Å². The number of phenolic OH excluding ortho intramolecular Hbond substituents is 1. The van der Waals surface area contributed by atoms with Crippen LogP contribution in [0.4, 0.5) is 11.4 Å². The second-order valence-electron chi connectivity index (χ2n) is 5.40. The van der Waals surface area contributed by atoms with Crippen LogP contribution in [0.1, 0.15) is 20.7 Å². The first kappa shape index (κ1) is 13.3. The van der Waals surface area contributed by atoms with Gasteiger partial charge in [0.1, 0.15) is 5.75 Å². The molecule has 1 aliphatic rings. The summed E-state index contributed by atoms with van der Waals surface area (Å²) >= 11 is 0. The van der Waals surface area contributed by atoms with Crippen molar-refractivity contribution in [1.29, 1.82) is 0 Å². The highest BCUT2D eigenvalue weighted by atomic mass is 16.3. The number of hydrogen-bond acceptors (Lipinski definition) is 4. The van der Waals surface area contributed by atoms with Gasteiger partial charge in [0.2, 0.25) is 0 Å². The second-order valence-corrected chi connectivity index (χ2v) is 5.40. The SMILES string of the molecule is Nc1ccc2c3c(cccc13)C(=O)N(c1cccc(O)c1)C2=O. The van der Waals surface area contributed by atoms with E-state index in [-0.39, 0.29) is 5.75 Å². The first-order valence-corrected chi connectivity index (χ1v) is 7.07. The standard InChI is InChI=1S/C18H12N2O3/c19-15-8-7-14-16-12(15)5-2-6-13(16)17(22)20(18(14)23)10-3-1-4-11(21)9-10/h1-9,21H,19H2. The molecule has 0 saturated heterocycles. The number of carbonyl (C=O) groups is 2. The summed E-state index contributed by atoms with van der Waals surface area (Å²) in [5, 5.41) is 10.9. The van der Waals surface area contributed by atoms with Gasteiger partial charge in [-0.05, 0) is 30.3 Å². The Kier molecular flexibility index (Phi) is 2.65. The fraction of sp³-hybridized carbons (Fsp3) is 0. The van der Waals surface area contributed by atoms with Gasteiger partial charge in [-0.3, -0.25) is 9.59 Å². The molecule has 1 heterocycles. The fourth-order valence-electron chi connectivity index (χ4n) is 2.99. The highest BCUT2D eigenvalue weighted by Crippen LogP contribution is 2.35. The van der Waals surface area contributed by atoms with E-state index in [2.05, 4.69) is 0 Å². The fourth-order valence-corrected chi connectivity index (χ4v) is 2.99. The van der Waals surface area contributed by atoms with E-state index in [0.717, 1.165) is 4.90 Å². The Morgan fingerprint density at radius 1 is 0.870 bits per heavy atom. The summed E-state index contributed by atoms with van der Waals surface area (Å²) in [6.45, 7) is 0. The number of amides is 2. The Morgan fingerprint density at radius 2 is 1.57 bits per heavy atom. The smallest absolute Gasteiger partial charge is 0.265 e. The normalized spacial score (nSPS) is 13.7. The van der Waals surface area contributed by atoms with Gasteiger partial charge in [0.15, 0.2) is 0 Å². The van der Waals surface area contributed by atoms with Gasteiger partial charge in [-0.25, -0.2) is 4.90 Å². The Morgan fingerprint density at radius 3 is 2.30 bits per heavy atom. The minimum Gasteiger partial charge on any atom is -0.508 e. The van der Waals surface area contributed by atoms with Gasteiger partial charge >= 0.3 is 0 Å². The lowest BCUT2D eigenvalue weighted by molar-refractivity contribution is 0.0893. The molecule has 3 aromatic rings. The van der Waals surface area contributed by atoms with E-state index in [4.69, 9.17) is 5.73 Å². The Bertz CT molecular complexity index is 972. The molecular weight excluding hydrogens is 292 g/mol. The predicted octanol–water partition coefficient (Wildman–Crippen LogP) is 2.93. The second kappa shape index (κ2) is 4.58. The van der Waals surface area contributed by atoms with E-state index in [1.54, 1.807) is 42.5 Å². The van der Waals surface area contributed by atoms with Crippen molar-refractivity contribution in [3.05, 3.63) is 65.7 Å². The lowest BCUT2D eigenvalue weighted by Gasteiger charge is -2.27. The first-order chi connectivity index (χ1) is 11.1. The molecule has 3 aromatic carbocycles. The summed E-state index contributed by atoms with van der Waals surface area (Å²) in [5.74, 6) is -0.863. The number of imide groups is 1. The molecule has 0 aromatic heterocycles. The van der Waals surface area contributed by atoms with Crippen molar-refractivity contribution in [1.82, 2.24) is 0 Å². The number of carbonyl (C=O) groups excluding carboxylic acids is 2. The molecule has 0 fully saturated rings. The minimum atomic E-state index is -0.427. The zero-order valence-corrected chi connectivity index (χ0v) is 12.0. The maximum atomic E-state index is 12.8. The summed E-state index contributed by atoms with van der Waals surface area (Å²) in [7, 11) is 0. The van der Waals surface area contributed by atoms with Crippen LogP contribution in [0.3, 0.4) is 0 Å². The molecule has 0 spiro atoms. The quantitative estimate of drug-likeness (QED) is 0.535. The zero-order valence-electron chi connectivity index (χ0n) is 12.0. The molecule has 0 bridgehead atoms. The van der Waals surface area contributed by atoms with Crippen LogP contribution in [0.5, 0.6) is 5.75 Å². The average Bonchev–Trinajstić information content (AvgIpc) is 2.54. The molecule has 0 saturated carbocycles. The number of rotatable bonds is 1. The number of phenols is 1. The number of hydrogen-bond donors (Lipinski definition) is 2. The maximum absolute atomic E-state index is 12.8. The topological polar surface area (TPSA) is 83.6 Å². The van der Waals surface area contributed by atoms with Crippen LogP contribution < -0.4 is 10.6 Å². The molecule has 2 amide bonds. The molecule has 0 aliphatic carbocycles. The molecule has 0 atom stereocenters. The van der Waals surface area contributed by atoms with E-state index >= 15 is 0 Å².